The first-order valence-corrected chi connectivity index (χ1v) is 5.08. The third kappa shape index (κ3) is 4.53. The van der Waals surface area contributed by atoms with Crippen LogP contribution in [-0.2, 0) is 6.18 Å². The molecule has 0 saturated heterocycles. The smallest absolute Gasteiger partial charge is 0.330 e. The highest BCUT2D eigenvalue weighted by Gasteiger charge is 2.34. The third-order valence-electron chi connectivity index (χ3n) is 2.38. The molecule has 6 heteroatoms. The number of hydrogen-bond acceptors (Lipinski definition) is 2. The van der Waals surface area contributed by atoms with Gasteiger partial charge in [0.2, 0.25) is 0 Å². The summed E-state index contributed by atoms with van der Waals surface area (Å²) in [5.74, 6) is 0. The molecule has 4 N–H and O–H groups in total. The number of nitrogens with two attached hydrogens (primary N) is 2. The van der Waals surface area contributed by atoms with Crippen molar-refractivity contribution in [3.05, 3.63) is 35.4 Å². The van der Waals surface area contributed by atoms with Gasteiger partial charge in [-0.3, -0.25) is 0 Å². The zero-order valence-electron chi connectivity index (χ0n) is 9.20. The van der Waals surface area contributed by atoms with Gasteiger partial charge >= 0.3 is 6.18 Å². The highest BCUT2D eigenvalue weighted by molar-refractivity contribution is 5.85. The lowest BCUT2D eigenvalue weighted by molar-refractivity contribution is -0.138. The van der Waals surface area contributed by atoms with Crippen molar-refractivity contribution >= 4 is 12.4 Å². The van der Waals surface area contributed by atoms with Crippen LogP contribution >= 0.6 is 12.4 Å². The normalized spacial score (nSPS) is 13.0. The van der Waals surface area contributed by atoms with E-state index in [0.717, 1.165) is 6.07 Å². The fourth-order valence-electron chi connectivity index (χ4n) is 1.57. The first kappa shape index (κ1) is 16.2. The van der Waals surface area contributed by atoms with Gasteiger partial charge in [0.25, 0.3) is 0 Å². The van der Waals surface area contributed by atoms with E-state index in [-0.39, 0.29) is 18.0 Å². The van der Waals surface area contributed by atoms with Gasteiger partial charge in [0.15, 0.2) is 0 Å². The number of halogens is 4. The lowest BCUT2D eigenvalue weighted by Crippen LogP contribution is -2.18. The molecule has 0 aliphatic rings. The molecule has 0 fully saturated rings. The molecule has 17 heavy (non-hydrogen) atoms. The van der Waals surface area contributed by atoms with E-state index in [4.69, 9.17) is 11.5 Å². The molecule has 0 aliphatic carbocycles. The van der Waals surface area contributed by atoms with Crippen molar-refractivity contribution in [1.82, 2.24) is 0 Å². The van der Waals surface area contributed by atoms with E-state index < -0.39 is 17.8 Å². The predicted molar refractivity (Wildman–Crippen MR) is 63.9 cm³/mol. The molecule has 0 heterocycles. The highest BCUT2D eigenvalue weighted by Crippen LogP contribution is 2.34. The fourth-order valence-corrected chi connectivity index (χ4v) is 1.57. The summed E-state index contributed by atoms with van der Waals surface area (Å²) >= 11 is 0. The third-order valence-corrected chi connectivity index (χ3v) is 2.38. The van der Waals surface area contributed by atoms with Gasteiger partial charge in [0, 0.05) is 6.04 Å². The van der Waals surface area contributed by atoms with Gasteiger partial charge in [-0.1, -0.05) is 18.2 Å². The Bertz CT molecular complexity index is 342. The molecule has 1 atom stereocenters. The Labute approximate surface area is 105 Å². The van der Waals surface area contributed by atoms with Gasteiger partial charge in [-0.25, -0.2) is 0 Å². The van der Waals surface area contributed by atoms with Gasteiger partial charge in [-0.2, -0.15) is 13.2 Å². The molecule has 0 saturated carbocycles. The second-order valence-electron chi connectivity index (χ2n) is 3.62. The Morgan fingerprint density at radius 1 is 1.18 bits per heavy atom. The van der Waals surface area contributed by atoms with E-state index in [1.54, 1.807) is 6.07 Å². The van der Waals surface area contributed by atoms with Crippen LogP contribution < -0.4 is 11.5 Å². The zero-order valence-corrected chi connectivity index (χ0v) is 10.0. The molecule has 1 rings (SSSR count). The summed E-state index contributed by atoms with van der Waals surface area (Å²) in [6.07, 6.45) is -3.27. The number of hydrogen-bond donors (Lipinski definition) is 2. The Morgan fingerprint density at radius 3 is 2.29 bits per heavy atom. The lowest BCUT2D eigenvalue weighted by atomic mass is 9.97. The van der Waals surface area contributed by atoms with Crippen molar-refractivity contribution in [1.29, 1.82) is 0 Å². The van der Waals surface area contributed by atoms with Crippen LogP contribution in [0, 0.1) is 0 Å². The first-order chi connectivity index (χ1) is 7.46. The molecule has 0 unspecified atom stereocenters. The van der Waals surface area contributed by atoms with Crippen molar-refractivity contribution in [3.8, 4) is 0 Å². The Morgan fingerprint density at radius 2 is 1.76 bits per heavy atom. The molecule has 2 nitrogen and oxygen atoms in total. The summed E-state index contributed by atoms with van der Waals surface area (Å²) in [6, 6.07) is 4.79. The van der Waals surface area contributed by atoms with Gasteiger partial charge in [0.1, 0.15) is 0 Å². The number of alkyl halides is 3. The second-order valence-corrected chi connectivity index (χ2v) is 3.62. The summed E-state index contributed by atoms with van der Waals surface area (Å²) in [5, 5.41) is 0. The SMILES string of the molecule is Cl.NCCC[C@H](N)c1ccccc1C(F)(F)F. The minimum atomic E-state index is -4.35. The van der Waals surface area contributed by atoms with Crippen molar-refractivity contribution in [2.24, 2.45) is 11.5 Å². The maximum absolute atomic E-state index is 12.7. The summed E-state index contributed by atoms with van der Waals surface area (Å²) in [4.78, 5) is 0. The molecule has 0 aromatic heterocycles. The molecule has 0 amide bonds. The van der Waals surface area contributed by atoms with Crippen molar-refractivity contribution in [3.63, 3.8) is 0 Å². The maximum atomic E-state index is 12.7. The monoisotopic (exact) mass is 268 g/mol. The summed E-state index contributed by atoms with van der Waals surface area (Å²) in [5.41, 5.74) is 10.5. The summed E-state index contributed by atoms with van der Waals surface area (Å²) in [6.45, 7) is 0.432. The van der Waals surface area contributed by atoms with Gasteiger partial charge < -0.3 is 11.5 Å². The van der Waals surface area contributed by atoms with E-state index in [0.29, 0.717) is 19.4 Å². The average Bonchev–Trinajstić information content (AvgIpc) is 2.24. The average molecular weight is 269 g/mol. The molecule has 1 aromatic carbocycles. The van der Waals surface area contributed by atoms with Crippen LogP contribution in [0.1, 0.15) is 30.0 Å². The van der Waals surface area contributed by atoms with E-state index in [2.05, 4.69) is 0 Å². The number of benzene rings is 1. The van der Waals surface area contributed by atoms with Crippen molar-refractivity contribution < 1.29 is 13.2 Å². The molecule has 0 spiro atoms. The van der Waals surface area contributed by atoms with Crippen LogP contribution in [0.15, 0.2) is 24.3 Å². The van der Waals surface area contributed by atoms with Crippen LogP contribution in [0.2, 0.25) is 0 Å². The van der Waals surface area contributed by atoms with Gasteiger partial charge in [0.05, 0.1) is 5.56 Å². The Hall–Kier alpha value is -0.780. The fraction of sp³-hybridized carbons (Fsp3) is 0.455. The van der Waals surface area contributed by atoms with Crippen LogP contribution in [0.4, 0.5) is 13.2 Å². The van der Waals surface area contributed by atoms with E-state index in [1.165, 1.54) is 12.1 Å². The molecule has 0 aliphatic heterocycles. The standard InChI is InChI=1S/C11H15F3N2.ClH/c12-11(13,14)9-5-2-1-4-8(9)10(16)6-3-7-15;/h1-2,4-5,10H,3,6-7,15-16H2;1H/t10-;/m0./s1. The summed E-state index contributed by atoms with van der Waals surface area (Å²) in [7, 11) is 0. The van der Waals surface area contributed by atoms with Crippen LogP contribution in [0.25, 0.3) is 0 Å². The quantitative estimate of drug-likeness (QED) is 0.882. The van der Waals surface area contributed by atoms with E-state index in [1.807, 2.05) is 0 Å². The topological polar surface area (TPSA) is 52.0 Å². The van der Waals surface area contributed by atoms with Crippen LogP contribution in [0.5, 0.6) is 0 Å². The van der Waals surface area contributed by atoms with E-state index >= 15 is 0 Å². The molecule has 0 radical (unpaired) electrons. The van der Waals surface area contributed by atoms with Crippen LogP contribution in [0.3, 0.4) is 0 Å². The largest absolute Gasteiger partial charge is 0.416 e. The maximum Gasteiger partial charge on any atom is 0.416 e. The van der Waals surface area contributed by atoms with Gasteiger partial charge in [-0.05, 0) is 31.0 Å². The minimum Gasteiger partial charge on any atom is -0.330 e. The molecule has 98 valence electrons. The van der Waals surface area contributed by atoms with Crippen LogP contribution in [-0.4, -0.2) is 6.54 Å². The Kier molecular flexibility index (Phi) is 6.52. The van der Waals surface area contributed by atoms with Crippen molar-refractivity contribution in [2.75, 3.05) is 6.54 Å². The molecule has 1 aromatic rings. The van der Waals surface area contributed by atoms with Crippen molar-refractivity contribution in [2.45, 2.75) is 25.1 Å². The molecular formula is C11H16ClF3N2. The molecular weight excluding hydrogens is 253 g/mol. The van der Waals surface area contributed by atoms with E-state index in [9.17, 15) is 13.2 Å². The lowest BCUT2D eigenvalue weighted by Gasteiger charge is -2.17. The zero-order chi connectivity index (χ0) is 12.2. The Balaban J connectivity index is 0.00000256. The number of rotatable bonds is 4. The van der Waals surface area contributed by atoms with Gasteiger partial charge in [-0.15, -0.1) is 12.4 Å². The second kappa shape index (κ2) is 6.83. The highest BCUT2D eigenvalue weighted by atomic mass is 35.5. The minimum absolute atomic E-state index is 0. The summed E-state index contributed by atoms with van der Waals surface area (Å²) < 4.78 is 38.0. The first-order valence-electron chi connectivity index (χ1n) is 5.08. The predicted octanol–water partition coefficient (Wildman–Crippen LogP) is 2.87. The molecule has 0 bridgehead atoms.